The molecule has 0 atom stereocenters. The highest BCUT2D eigenvalue weighted by Gasteiger charge is 2.21. The molecule has 0 unspecified atom stereocenters. The maximum Gasteiger partial charge on any atom is 0.261 e. The fourth-order valence-electron chi connectivity index (χ4n) is 3.43. The van der Waals surface area contributed by atoms with Gasteiger partial charge in [-0.05, 0) is 75.7 Å². The molecule has 0 radical (unpaired) electrons. The van der Waals surface area contributed by atoms with Gasteiger partial charge in [0.05, 0.1) is 28.3 Å². The van der Waals surface area contributed by atoms with Crippen molar-refractivity contribution >= 4 is 37.3 Å². The minimum atomic E-state index is -3.87. The Balaban J connectivity index is 1.91. The van der Waals surface area contributed by atoms with Crippen LogP contribution in [0.3, 0.4) is 0 Å². The Morgan fingerprint density at radius 2 is 1.47 bits per heavy atom. The van der Waals surface area contributed by atoms with Crippen molar-refractivity contribution in [1.29, 1.82) is 0 Å². The lowest BCUT2D eigenvalue weighted by atomic mass is 10.1. The van der Waals surface area contributed by atoms with Crippen molar-refractivity contribution < 1.29 is 26.4 Å². The van der Waals surface area contributed by atoms with E-state index in [1.165, 1.54) is 37.4 Å². The number of benzene rings is 3. The third-order valence-corrected chi connectivity index (χ3v) is 8.31. The van der Waals surface area contributed by atoms with Crippen LogP contribution in [0.1, 0.15) is 35.3 Å². The molecule has 0 saturated carbocycles. The van der Waals surface area contributed by atoms with Crippen molar-refractivity contribution in [3.63, 3.8) is 0 Å². The molecule has 0 fully saturated rings. The van der Waals surface area contributed by atoms with E-state index in [0.29, 0.717) is 5.56 Å². The molecule has 0 spiro atoms. The molecule has 0 aliphatic carbocycles. The van der Waals surface area contributed by atoms with E-state index >= 15 is 0 Å². The molecule has 1 amide bonds. The van der Waals surface area contributed by atoms with Gasteiger partial charge < -0.3 is 10.1 Å². The van der Waals surface area contributed by atoms with Crippen molar-refractivity contribution in [2.75, 3.05) is 17.1 Å². The number of anilines is 2. The van der Waals surface area contributed by atoms with Crippen LogP contribution in [0.2, 0.25) is 0 Å². The first-order chi connectivity index (χ1) is 16.8. The van der Waals surface area contributed by atoms with Gasteiger partial charge in [-0.3, -0.25) is 9.52 Å². The van der Waals surface area contributed by atoms with E-state index in [-0.39, 0.29) is 38.5 Å². The van der Waals surface area contributed by atoms with Crippen LogP contribution >= 0.6 is 0 Å². The first-order valence-corrected chi connectivity index (χ1v) is 14.0. The summed E-state index contributed by atoms with van der Waals surface area (Å²) in [6.07, 6.45) is 0. The van der Waals surface area contributed by atoms with E-state index in [4.69, 9.17) is 4.74 Å². The molecule has 0 bridgehead atoms. The fraction of sp³-hybridized carbons (Fsp3) is 0.240. The third-order valence-electron chi connectivity index (χ3n) is 5.27. The predicted molar refractivity (Wildman–Crippen MR) is 140 cm³/mol. The molecule has 3 N–H and O–H groups in total. The minimum absolute atomic E-state index is 0.0383. The first kappa shape index (κ1) is 27.2. The highest BCUT2D eigenvalue weighted by atomic mass is 32.2. The topological polar surface area (TPSA) is 131 Å². The van der Waals surface area contributed by atoms with E-state index in [2.05, 4.69) is 14.8 Å². The van der Waals surface area contributed by atoms with Gasteiger partial charge in [-0.25, -0.2) is 21.6 Å². The van der Waals surface area contributed by atoms with Crippen LogP contribution in [-0.4, -0.2) is 35.9 Å². The van der Waals surface area contributed by atoms with E-state index in [1.807, 2.05) is 6.92 Å². The second-order valence-electron chi connectivity index (χ2n) is 8.49. The second-order valence-corrected chi connectivity index (χ2v) is 11.9. The summed E-state index contributed by atoms with van der Waals surface area (Å²) in [6, 6.07) is 14.9. The van der Waals surface area contributed by atoms with Crippen molar-refractivity contribution in [2.24, 2.45) is 0 Å². The summed E-state index contributed by atoms with van der Waals surface area (Å²) in [4.78, 5) is 13.2. The molecule has 0 heterocycles. The quantitative estimate of drug-likeness (QED) is 0.382. The minimum Gasteiger partial charge on any atom is -0.495 e. The van der Waals surface area contributed by atoms with Crippen molar-refractivity contribution in [3.8, 4) is 5.75 Å². The van der Waals surface area contributed by atoms with Crippen molar-refractivity contribution in [1.82, 2.24) is 4.72 Å². The van der Waals surface area contributed by atoms with E-state index in [0.717, 1.165) is 5.56 Å². The van der Waals surface area contributed by atoms with Crippen molar-refractivity contribution in [3.05, 3.63) is 77.4 Å². The van der Waals surface area contributed by atoms with Crippen molar-refractivity contribution in [2.45, 2.75) is 43.5 Å². The maximum atomic E-state index is 13.2. The molecule has 3 rings (SSSR count). The Bertz CT molecular complexity index is 1480. The number of ether oxygens (including phenoxy) is 1. The van der Waals surface area contributed by atoms with Gasteiger partial charge in [-0.2, -0.15) is 0 Å². The zero-order chi connectivity index (χ0) is 26.7. The number of rotatable bonds is 9. The molecule has 11 heteroatoms. The molecule has 3 aromatic carbocycles. The maximum absolute atomic E-state index is 13.2. The van der Waals surface area contributed by atoms with Gasteiger partial charge >= 0.3 is 0 Å². The van der Waals surface area contributed by atoms with Gasteiger partial charge in [0.1, 0.15) is 5.75 Å². The normalized spacial score (nSPS) is 11.8. The third kappa shape index (κ3) is 6.23. The van der Waals surface area contributed by atoms with Gasteiger partial charge in [-0.15, -0.1) is 0 Å². The Morgan fingerprint density at radius 3 is 2.08 bits per heavy atom. The molecule has 0 aliphatic heterocycles. The van der Waals surface area contributed by atoms with Gasteiger partial charge in [0.15, 0.2) is 0 Å². The lowest BCUT2D eigenvalue weighted by Gasteiger charge is -2.16. The van der Waals surface area contributed by atoms with Crippen LogP contribution in [0.25, 0.3) is 0 Å². The average molecular weight is 532 g/mol. The smallest absolute Gasteiger partial charge is 0.261 e. The number of aryl methyl sites for hydroxylation is 1. The summed E-state index contributed by atoms with van der Waals surface area (Å²) in [6.45, 7) is 6.88. The zero-order valence-corrected chi connectivity index (χ0v) is 22.2. The van der Waals surface area contributed by atoms with E-state index < -0.39 is 26.0 Å². The molecule has 9 nitrogen and oxygen atoms in total. The van der Waals surface area contributed by atoms with E-state index in [1.54, 1.807) is 51.1 Å². The van der Waals surface area contributed by atoms with Gasteiger partial charge in [0.25, 0.3) is 15.9 Å². The lowest BCUT2D eigenvalue weighted by Crippen LogP contribution is -2.30. The first-order valence-electron chi connectivity index (χ1n) is 11.0. The van der Waals surface area contributed by atoms with Crippen LogP contribution < -0.4 is 19.5 Å². The molecule has 3 aromatic rings. The van der Waals surface area contributed by atoms with E-state index in [9.17, 15) is 21.6 Å². The molecule has 0 aromatic heterocycles. The summed E-state index contributed by atoms with van der Waals surface area (Å²) >= 11 is 0. The molecule has 0 saturated heterocycles. The van der Waals surface area contributed by atoms with Crippen LogP contribution in [0, 0.1) is 13.8 Å². The number of sulfonamides is 2. The molecular weight excluding hydrogens is 502 g/mol. The van der Waals surface area contributed by atoms with Crippen LogP contribution in [0.5, 0.6) is 5.75 Å². The highest BCUT2D eigenvalue weighted by Crippen LogP contribution is 2.29. The van der Waals surface area contributed by atoms with Crippen LogP contribution in [0.15, 0.2) is 70.5 Å². The standard InChI is InChI=1S/C25H29N3O6S2/c1-16(2)27-36(32,33)20-13-14-24(34-5)23(15-20)26-25(29)21-7-6-8-22(18(21)4)28-35(30,31)19-11-9-17(3)10-12-19/h6-16,27-28H,1-5H3,(H,26,29). The Labute approximate surface area is 212 Å². The SMILES string of the molecule is COc1ccc(S(=O)(=O)NC(C)C)cc1NC(=O)c1cccc(NS(=O)(=O)c2ccc(C)cc2)c1C. The largest absolute Gasteiger partial charge is 0.495 e. The predicted octanol–water partition coefficient (Wildman–Crippen LogP) is 4.05. The summed E-state index contributed by atoms with van der Waals surface area (Å²) in [5.41, 5.74) is 1.92. The summed E-state index contributed by atoms with van der Waals surface area (Å²) in [5.74, 6) is -0.297. The molecule has 0 aliphatic rings. The average Bonchev–Trinajstić information content (AvgIpc) is 2.79. The monoisotopic (exact) mass is 531 g/mol. The second kappa shape index (κ2) is 10.7. The Hall–Kier alpha value is -3.41. The highest BCUT2D eigenvalue weighted by molar-refractivity contribution is 7.92. The number of nitrogens with one attached hydrogen (secondary N) is 3. The lowest BCUT2D eigenvalue weighted by molar-refractivity contribution is 0.102. The molecule has 36 heavy (non-hydrogen) atoms. The summed E-state index contributed by atoms with van der Waals surface area (Å²) in [5, 5.41) is 2.68. The van der Waals surface area contributed by atoms with Crippen LogP contribution in [0.4, 0.5) is 11.4 Å². The number of hydrogen-bond donors (Lipinski definition) is 3. The Kier molecular flexibility index (Phi) is 8.07. The summed E-state index contributed by atoms with van der Waals surface area (Å²) in [7, 11) is -6.28. The van der Waals surface area contributed by atoms with Gasteiger partial charge in [0, 0.05) is 11.6 Å². The molecule has 192 valence electrons. The molecular formula is C25H29N3O6S2. The zero-order valence-electron chi connectivity index (χ0n) is 20.6. The Morgan fingerprint density at radius 1 is 0.833 bits per heavy atom. The number of methoxy groups -OCH3 is 1. The summed E-state index contributed by atoms with van der Waals surface area (Å²) < 4.78 is 61.2. The number of amides is 1. The van der Waals surface area contributed by atoms with Crippen LogP contribution in [-0.2, 0) is 20.0 Å². The van der Waals surface area contributed by atoms with Gasteiger partial charge in [0.2, 0.25) is 10.0 Å². The number of hydrogen-bond acceptors (Lipinski definition) is 6. The fourth-order valence-corrected chi connectivity index (χ4v) is 5.83. The number of carbonyl (C=O) groups excluding carboxylic acids is 1. The number of carbonyl (C=O) groups is 1. The van der Waals surface area contributed by atoms with Gasteiger partial charge in [-0.1, -0.05) is 23.8 Å².